The van der Waals surface area contributed by atoms with E-state index in [1.807, 2.05) is 30.3 Å². The number of phenolic OH excluding ortho intramolecular Hbond substituents is 2. The minimum Gasteiger partial charge on any atom is -0.508 e. The SMILES string of the molecule is O=S(=O)(CCCC1CCCN1CCCCCCC1=C(c2cccc(O)c2)CCCc2cc(O)ccc21)CCC(F)(F)C(F)(F)F. The van der Waals surface area contributed by atoms with E-state index in [-0.39, 0.29) is 29.7 Å². The Morgan fingerprint density at radius 3 is 2.36 bits per heavy atom. The number of fused-ring (bicyclic) bond motifs is 1. The van der Waals surface area contributed by atoms with E-state index in [2.05, 4.69) is 4.90 Å². The molecule has 1 atom stereocenters. The van der Waals surface area contributed by atoms with E-state index in [4.69, 9.17) is 0 Å². The largest absolute Gasteiger partial charge is 0.508 e. The maximum Gasteiger partial charge on any atom is 0.453 e. The molecule has 4 rings (SSSR count). The number of sulfone groups is 1. The molecule has 0 amide bonds. The highest BCUT2D eigenvalue weighted by Gasteiger charge is 2.57. The van der Waals surface area contributed by atoms with Gasteiger partial charge in [0.1, 0.15) is 11.5 Å². The van der Waals surface area contributed by atoms with Gasteiger partial charge in [0, 0.05) is 12.5 Å². The topological polar surface area (TPSA) is 77.8 Å². The Kier molecular flexibility index (Phi) is 12.0. The number of rotatable bonds is 15. The zero-order valence-electron chi connectivity index (χ0n) is 25.6. The number of halogens is 5. The molecule has 5 nitrogen and oxygen atoms in total. The average molecular weight is 658 g/mol. The molecule has 0 saturated carbocycles. The van der Waals surface area contributed by atoms with E-state index in [0.717, 1.165) is 88.4 Å². The molecular formula is C34H44F5NO4S. The summed E-state index contributed by atoms with van der Waals surface area (Å²) in [5.41, 5.74) is 5.85. The number of unbranched alkanes of at least 4 members (excludes halogenated alkanes) is 3. The third-order valence-corrected chi connectivity index (χ3v) is 10.8. The molecule has 1 aliphatic heterocycles. The molecule has 0 radical (unpaired) electrons. The van der Waals surface area contributed by atoms with Crippen LogP contribution >= 0.6 is 0 Å². The predicted molar refractivity (Wildman–Crippen MR) is 167 cm³/mol. The van der Waals surface area contributed by atoms with Crippen molar-refractivity contribution in [2.24, 2.45) is 0 Å². The number of hydrogen-bond donors (Lipinski definition) is 2. The van der Waals surface area contributed by atoms with Gasteiger partial charge in [0.15, 0.2) is 9.84 Å². The number of allylic oxidation sites excluding steroid dienone is 2. The molecule has 45 heavy (non-hydrogen) atoms. The van der Waals surface area contributed by atoms with Crippen LogP contribution in [-0.4, -0.2) is 66.3 Å². The monoisotopic (exact) mass is 657 g/mol. The molecule has 2 aliphatic rings. The highest BCUT2D eigenvalue weighted by Crippen LogP contribution is 2.41. The number of phenols is 2. The van der Waals surface area contributed by atoms with Crippen LogP contribution in [0.25, 0.3) is 11.1 Å². The second-order valence-electron chi connectivity index (χ2n) is 12.4. The molecule has 250 valence electrons. The Hall–Kier alpha value is -2.66. The van der Waals surface area contributed by atoms with E-state index in [1.54, 1.807) is 12.1 Å². The van der Waals surface area contributed by atoms with Crippen molar-refractivity contribution in [1.29, 1.82) is 0 Å². The van der Waals surface area contributed by atoms with Crippen molar-refractivity contribution in [2.45, 2.75) is 102 Å². The third kappa shape index (κ3) is 9.91. The van der Waals surface area contributed by atoms with E-state index >= 15 is 0 Å². The van der Waals surface area contributed by atoms with Gasteiger partial charge in [0.25, 0.3) is 0 Å². The van der Waals surface area contributed by atoms with Crippen LogP contribution in [0.4, 0.5) is 22.0 Å². The lowest BCUT2D eigenvalue weighted by atomic mass is 9.89. The first-order chi connectivity index (χ1) is 21.3. The Balaban J connectivity index is 1.24. The summed E-state index contributed by atoms with van der Waals surface area (Å²) in [4.78, 5) is 2.35. The van der Waals surface area contributed by atoms with Crippen molar-refractivity contribution in [2.75, 3.05) is 24.6 Å². The number of nitrogens with zero attached hydrogens (tertiary/aromatic N) is 1. The summed E-state index contributed by atoms with van der Waals surface area (Å²) in [6, 6.07) is 13.2. The lowest BCUT2D eigenvalue weighted by Gasteiger charge is -2.24. The normalized spacial score (nSPS) is 18.3. The smallest absolute Gasteiger partial charge is 0.453 e. The number of aromatic hydroxyl groups is 2. The molecular weight excluding hydrogens is 613 g/mol. The minimum atomic E-state index is -5.74. The molecule has 2 N–H and O–H groups in total. The molecule has 11 heteroatoms. The molecule has 1 heterocycles. The second kappa shape index (κ2) is 15.3. The standard InChI is InChI=1S/C34H44F5NO4S/c35-33(36,34(37,38)39)18-22-45(43,44)21-8-12-27-11-7-20-40(27)19-4-2-1-3-14-32-30(25-9-5-13-28(41)23-25)15-6-10-26-24-29(42)16-17-31(26)32/h5,9,13,16-17,23-24,27,41-42H,1-4,6-8,10-12,14-15,18-22H2. The first-order valence-electron chi connectivity index (χ1n) is 16.0. The molecule has 2 aromatic rings. The summed E-state index contributed by atoms with van der Waals surface area (Å²) >= 11 is 0. The Morgan fingerprint density at radius 1 is 0.844 bits per heavy atom. The van der Waals surface area contributed by atoms with E-state index in [9.17, 15) is 40.6 Å². The maximum atomic E-state index is 13.1. The van der Waals surface area contributed by atoms with Crippen LogP contribution in [0.3, 0.4) is 0 Å². The molecule has 1 unspecified atom stereocenters. The van der Waals surface area contributed by atoms with Crippen molar-refractivity contribution in [3.63, 3.8) is 0 Å². The predicted octanol–water partition coefficient (Wildman–Crippen LogP) is 8.54. The minimum absolute atomic E-state index is 0.200. The number of likely N-dealkylation sites (tertiary alicyclic amines) is 1. The summed E-state index contributed by atoms with van der Waals surface area (Å²) in [5.74, 6) is -6.05. The van der Waals surface area contributed by atoms with Gasteiger partial charge in [-0.2, -0.15) is 22.0 Å². The fraction of sp³-hybridized carbons (Fsp3) is 0.588. The van der Waals surface area contributed by atoms with Crippen molar-refractivity contribution >= 4 is 21.0 Å². The second-order valence-corrected chi connectivity index (χ2v) is 14.7. The van der Waals surface area contributed by atoms with Crippen LogP contribution in [-0.2, 0) is 16.3 Å². The average Bonchev–Trinajstić information content (AvgIpc) is 3.33. The Bertz CT molecular complexity index is 1420. The molecule has 0 bridgehead atoms. The lowest BCUT2D eigenvalue weighted by molar-refractivity contribution is -0.282. The number of alkyl halides is 5. The van der Waals surface area contributed by atoms with Crippen LogP contribution in [0.1, 0.15) is 93.7 Å². The highest BCUT2D eigenvalue weighted by atomic mass is 32.2. The number of hydrogen-bond acceptors (Lipinski definition) is 5. The highest BCUT2D eigenvalue weighted by molar-refractivity contribution is 7.91. The summed E-state index contributed by atoms with van der Waals surface area (Å²) in [7, 11) is -3.99. The molecule has 0 aromatic heterocycles. The molecule has 2 aromatic carbocycles. The molecule has 1 aliphatic carbocycles. The first-order valence-corrected chi connectivity index (χ1v) is 17.8. The van der Waals surface area contributed by atoms with Crippen LogP contribution in [0.5, 0.6) is 11.5 Å². The number of benzene rings is 2. The van der Waals surface area contributed by atoms with Crippen molar-refractivity contribution in [3.05, 3.63) is 59.2 Å². The van der Waals surface area contributed by atoms with Crippen molar-refractivity contribution in [1.82, 2.24) is 4.90 Å². The van der Waals surface area contributed by atoms with Crippen LogP contribution in [0, 0.1) is 0 Å². The molecule has 0 spiro atoms. The zero-order chi connectivity index (χ0) is 32.7. The van der Waals surface area contributed by atoms with E-state index in [0.29, 0.717) is 6.42 Å². The first kappa shape index (κ1) is 35.2. The zero-order valence-corrected chi connectivity index (χ0v) is 26.4. The summed E-state index contributed by atoms with van der Waals surface area (Å²) < 4.78 is 87.6. The fourth-order valence-corrected chi connectivity index (χ4v) is 8.08. The number of aryl methyl sites for hydroxylation is 1. The fourth-order valence-electron chi connectivity index (χ4n) is 6.70. The summed E-state index contributed by atoms with van der Waals surface area (Å²) in [6.45, 7) is 1.80. The van der Waals surface area contributed by atoms with Crippen LogP contribution < -0.4 is 0 Å². The third-order valence-electron chi connectivity index (χ3n) is 9.10. The van der Waals surface area contributed by atoms with Crippen LogP contribution in [0.15, 0.2) is 42.5 Å². The van der Waals surface area contributed by atoms with Gasteiger partial charge in [-0.15, -0.1) is 0 Å². The van der Waals surface area contributed by atoms with Gasteiger partial charge in [-0.25, -0.2) is 8.42 Å². The van der Waals surface area contributed by atoms with Crippen molar-refractivity contribution in [3.8, 4) is 11.5 Å². The molecule has 1 fully saturated rings. The van der Waals surface area contributed by atoms with Gasteiger partial charge in [-0.05, 0) is 129 Å². The van der Waals surface area contributed by atoms with Gasteiger partial charge in [0.2, 0.25) is 0 Å². The van der Waals surface area contributed by atoms with E-state index < -0.39 is 34.1 Å². The Labute approximate surface area is 263 Å². The van der Waals surface area contributed by atoms with Crippen molar-refractivity contribution < 1.29 is 40.6 Å². The lowest BCUT2D eigenvalue weighted by Crippen LogP contribution is -2.38. The van der Waals surface area contributed by atoms with Gasteiger partial charge < -0.3 is 15.1 Å². The summed E-state index contributed by atoms with van der Waals surface area (Å²) in [6.07, 6.45) is 2.93. The van der Waals surface area contributed by atoms with Gasteiger partial charge in [0.05, 0.1) is 11.5 Å². The van der Waals surface area contributed by atoms with Gasteiger partial charge >= 0.3 is 12.1 Å². The summed E-state index contributed by atoms with van der Waals surface area (Å²) in [5, 5.41) is 20.2. The Morgan fingerprint density at radius 2 is 1.60 bits per heavy atom. The maximum absolute atomic E-state index is 13.1. The molecule has 1 saturated heterocycles. The van der Waals surface area contributed by atoms with Gasteiger partial charge in [-0.3, -0.25) is 0 Å². The van der Waals surface area contributed by atoms with Crippen LogP contribution in [0.2, 0.25) is 0 Å². The quantitative estimate of drug-likeness (QED) is 0.148. The van der Waals surface area contributed by atoms with E-state index in [1.165, 1.54) is 16.7 Å². The van der Waals surface area contributed by atoms with Gasteiger partial charge in [-0.1, -0.05) is 31.0 Å².